The summed E-state index contributed by atoms with van der Waals surface area (Å²) in [5.74, 6) is -0.469. The largest absolute Gasteiger partial charge is 0.384 e. The molecule has 0 radical (unpaired) electrons. The number of rotatable bonds is 3. The fourth-order valence-corrected chi connectivity index (χ4v) is 1.80. The highest BCUT2D eigenvalue weighted by molar-refractivity contribution is 5.31. The zero-order valence-electron chi connectivity index (χ0n) is 10.3. The Hall–Kier alpha value is -1.88. The number of aromatic nitrogens is 3. The Labute approximate surface area is 105 Å². The van der Waals surface area contributed by atoms with Crippen molar-refractivity contribution in [2.45, 2.75) is 26.4 Å². The van der Waals surface area contributed by atoms with Gasteiger partial charge in [-0.1, -0.05) is 6.92 Å². The molecule has 0 aliphatic heterocycles. The maximum atomic E-state index is 13.1. The first kappa shape index (κ1) is 12.6. The Morgan fingerprint density at radius 1 is 1.28 bits per heavy atom. The van der Waals surface area contributed by atoms with Gasteiger partial charge in [0.05, 0.1) is 17.6 Å². The summed E-state index contributed by atoms with van der Waals surface area (Å²) < 4.78 is 13.1. The number of nitrogens with zero attached hydrogens (tertiary/aromatic N) is 3. The number of hydrogen-bond donors (Lipinski definition) is 1. The van der Waals surface area contributed by atoms with E-state index in [9.17, 15) is 9.50 Å². The third-order valence-electron chi connectivity index (χ3n) is 2.70. The van der Waals surface area contributed by atoms with E-state index in [1.807, 2.05) is 6.92 Å². The molecule has 0 aromatic carbocycles. The number of hydrogen-bond acceptors (Lipinski definition) is 4. The van der Waals surface area contributed by atoms with E-state index in [1.165, 1.54) is 12.3 Å². The van der Waals surface area contributed by atoms with Gasteiger partial charge in [0.15, 0.2) is 0 Å². The molecule has 0 saturated carbocycles. The SMILES string of the molecule is CCc1nnc(C)cc1C(O)c1cncc(F)c1. The Kier molecular flexibility index (Phi) is 3.62. The van der Waals surface area contributed by atoms with Gasteiger partial charge in [0.1, 0.15) is 11.9 Å². The van der Waals surface area contributed by atoms with Crippen molar-refractivity contribution in [1.29, 1.82) is 0 Å². The van der Waals surface area contributed by atoms with Crippen LogP contribution in [-0.2, 0) is 6.42 Å². The van der Waals surface area contributed by atoms with E-state index in [-0.39, 0.29) is 0 Å². The van der Waals surface area contributed by atoms with Crippen LogP contribution >= 0.6 is 0 Å². The van der Waals surface area contributed by atoms with Crippen LogP contribution in [0.2, 0.25) is 0 Å². The summed E-state index contributed by atoms with van der Waals surface area (Å²) in [6.45, 7) is 3.73. The predicted octanol–water partition coefficient (Wildman–Crippen LogP) is 1.96. The van der Waals surface area contributed by atoms with Crippen molar-refractivity contribution in [2.75, 3.05) is 0 Å². The fraction of sp³-hybridized carbons (Fsp3) is 0.308. The van der Waals surface area contributed by atoms with Gasteiger partial charge in [0, 0.05) is 17.3 Å². The van der Waals surface area contributed by atoms with Crippen molar-refractivity contribution in [2.24, 2.45) is 0 Å². The molecule has 0 amide bonds. The molecule has 2 aromatic rings. The molecule has 1 unspecified atom stereocenters. The van der Waals surface area contributed by atoms with E-state index >= 15 is 0 Å². The highest BCUT2D eigenvalue weighted by Crippen LogP contribution is 2.24. The van der Waals surface area contributed by atoms with Crippen LogP contribution in [0.15, 0.2) is 24.5 Å². The Bertz CT molecular complexity index is 560. The summed E-state index contributed by atoms with van der Waals surface area (Å²) in [5.41, 5.74) is 2.48. The first-order valence-electron chi connectivity index (χ1n) is 5.73. The summed E-state index contributed by atoms with van der Waals surface area (Å²) in [6.07, 6.45) is 2.27. The molecule has 0 spiro atoms. The molecule has 5 heteroatoms. The number of aryl methyl sites for hydroxylation is 2. The fourth-order valence-electron chi connectivity index (χ4n) is 1.80. The summed E-state index contributed by atoms with van der Waals surface area (Å²) in [7, 11) is 0. The van der Waals surface area contributed by atoms with E-state index in [4.69, 9.17) is 0 Å². The molecule has 0 saturated heterocycles. The van der Waals surface area contributed by atoms with E-state index in [0.29, 0.717) is 28.9 Å². The molecule has 2 rings (SSSR count). The second-order valence-corrected chi connectivity index (χ2v) is 4.08. The van der Waals surface area contributed by atoms with Gasteiger partial charge in [-0.3, -0.25) is 4.98 Å². The average molecular weight is 247 g/mol. The van der Waals surface area contributed by atoms with Gasteiger partial charge in [-0.15, -0.1) is 0 Å². The van der Waals surface area contributed by atoms with Crippen LogP contribution in [0.25, 0.3) is 0 Å². The number of pyridine rings is 1. The average Bonchev–Trinajstić information content (AvgIpc) is 2.38. The molecule has 0 bridgehead atoms. The van der Waals surface area contributed by atoms with Crippen molar-refractivity contribution in [3.05, 3.63) is 52.9 Å². The monoisotopic (exact) mass is 247 g/mol. The quantitative estimate of drug-likeness (QED) is 0.900. The summed E-state index contributed by atoms with van der Waals surface area (Å²) in [6, 6.07) is 3.04. The van der Waals surface area contributed by atoms with Gasteiger partial charge in [0.25, 0.3) is 0 Å². The molecule has 0 aliphatic carbocycles. The standard InChI is InChI=1S/C13H14FN3O/c1-3-12-11(4-8(2)16-17-12)13(18)9-5-10(14)7-15-6-9/h4-7,13,18H,3H2,1-2H3. The lowest BCUT2D eigenvalue weighted by Crippen LogP contribution is -2.08. The highest BCUT2D eigenvalue weighted by atomic mass is 19.1. The second kappa shape index (κ2) is 5.18. The minimum absolute atomic E-state index is 0.414. The van der Waals surface area contributed by atoms with Crippen LogP contribution < -0.4 is 0 Å². The Balaban J connectivity index is 2.44. The third kappa shape index (κ3) is 2.51. The van der Waals surface area contributed by atoms with E-state index in [0.717, 1.165) is 6.20 Å². The Morgan fingerprint density at radius 2 is 2.06 bits per heavy atom. The Morgan fingerprint density at radius 3 is 2.72 bits per heavy atom. The lowest BCUT2D eigenvalue weighted by atomic mass is 10.0. The molecule has 18 heavy (non-hydrogen) atoms. The minimum Gasteiger partial charge on any atom is -0.384 e. The van der Waals surface area contributed by atoms with Crippen LogP contribution in [0, 0.1) is 12.7 Å². The summed E-state index contributed by atoms with van der Waals surface area (Å²) >= 11 is 0. The number of halogens is 1. The van der Waals surface area contributed by atoms with Gasteiger partial charge in [-0.25, -0.2) is 4.39 Å². The molecule has 0 fully saturated rings. The van der Waals surface area contributed by atoms with Crippen LogP contribution in [0.5, 0.6) is 0 Å². The maximum Gasteiger partial charge on any atom is 0.141 e. The van der Waals surface area contributed by atoms with E-state index in [2.05, 4.69) is 15.2 Å². The normalized spacial score (nSPS) is 12.4. The van der Waals surface area contributed by atoms with Crippen molar-refractivity contribution in [3.63, 3.8) is 0 Å². The van der Waals surface area contributed by atoms with Crippen molar-refractivity contribution < 1.29 is 9.50 Å². The summed E-state index contributed by atoms with van der Waals surface area (Å²) in [5, 5.41) is 18.3. The van der Waals surface area contributed by atoms with Gasteiger partial charge in [-0.05, 0) is 25.5 Å². The maximum absolute atomic E-state index is 13.1. The number of aliphatic hydroxyl groups is 1. The highest BCUT2D eigenvalue weighted by Gasteiger charge is 2.16. The molecule has 94 valence electrons. The van der Waals surface area contributed by atoms with Crippen LogP contribution in [0.3, 0.4) is 0 Å². The molecule has 2 aromatic heterocycles. The molecule has 4 nitrogen and oxygen atoms in total. The minimum atomic E-state index is -0.933. The van der Waals surface area contributed by atoms with Gasteiger partial charge in [0.2, 0.25) is 0 Å². The number of aliphatic hydroxyl groups excluding tert-OH is 1. The molecule has 2 heterocycles. The first-order chi connectivity index (χ1) is 8.61. The topological polar surface area (TPSA) is 58.9 Å². The second-order valence-electron chi connectivity index (χ2n) is 4.08. The van der Waals surface area contributed by atoms with Crippen molar-refractivity contribution in [1.82, 2.24) is 15.2 Å². The van der Waals surface area contributed by atoms with E-state index in [1.54, 1.807) is 13.0 Å². The first-order valence-corrected chi connectivity index (χ1v) is 5.73. The lowest BCUT2D eigenvalue weighted by Gasteiger charge is -2.14. The zero-order chi connectivity index (χ0) is 13.1. The van der Waals surface area contributed by atoms with Crippen molar-refractivity contribution >= 4 is 0 Å². The van der Waals surface area contributed by atoms with Gasteiger partial charge < -0.3 is 5.11 Å². The zero-order valence-corrected chi connectivity index (χ0v) is 10.3. The molecular weight excluding hydrogens is 233 g/mol. The van der Waals surface area contributed by atoms with Crippen LogP contribution in [-0.4, -0.2) is 20.3 Å². The molecular formula is C13H14FN3O. The van der Waals surface area contributed by atoms with Crippen molar-refractivity contribution in [3.8, 4) is 0 Å². The smallest absolute Gasteiger partial charge is 0.141 e. The summed E-state index contributed by atoms with van der Waals surface area (Å²) in [4.78, 5) is 3.74. The van der Waals surface area contributed by atoms with E-state index < -0.39 is 11.9 Å². The molecule has 1 N–H and O–H groups in total. The predicted molar refractivity (Wildman–Crippen MR) is 64.4 cm³/mol. The molecule has 1 atom stereocenters. The molecule has 0 aliphatic rings. The van der Waals surface area contributed by atoms with Crippen LogP contribution in [0.4, 0.5) is 4.39 Å². The van der Waals surface area contributed by atoms with Crippen LogP contribution in [0.1, 0.15) is 35.5 Å². The lowest BCUT2D eigenvalue weighted by molar-refractivity contribution is 0.217. The third-order valence-corrected chi connectivity index (χ3v) is 2.70. The van der Waals surface area contributed by atoms with Gasteiger partial charge in [-0.2, -0.15) is 10.2 Å². The van der Waals surface area contributed by atoms with Gasteiger partial charge >= 0.3 is 0 Å².